The minimum atomic E-state index is -1.64. The van der Waals surface area contributed by atoms with Gasteiger partial charge in [0.15, 0.2) is 0 Å². The Hall–Kier alpha value is 0. The molecule has 0 aromatic heterocycles. The first kappa shape index (κ1) is 2.08. The van der Waals surface area contributed by atoms with Crippen LogP contribution in [0.2, 0.25) is 0 Å². The fourth-order valence-corrected chi connectivity index (χ4v) is 0.666. The third-order valence-corrected chi connectivity index (χ3v) is 1.26. The molecular weight excluding hydrogens is 84.1 g/mol. The van der Waals surface area contributed by atoms with Crippen LogP contribution >= 0.6 is 0 Å². The summed E-state index contributed by atoms with van der Waals surface area (Å²) in [4.78, 5) is 0. The Morgan fingerprint density at radius 1 is 1.29 bits per heavy atom. The summed E-state index contributed by atoms with van der Waals surface area (Å²) in [5.74, 6) is 0. The second-order valence-electron chi connectivity index (χ2n) is 2.87. The van der Waals surface area contributed by atoms with Crippen molar-refractivity contribution in [2.45, 2.75) is 39.4 Å². The standard InChI is InChI=1S/C7H14/c1-7(2)5-3-4-6-7/h3-6H2,1-2H3/i3D2,4D2. The molecule has 1 fully saturated rings. The summed E-state index contributed by atoms with van der Waals surface area (Å²) in [5.41, 5.74) is -0.188. The lowest BCUT2D eigenvalue weighted by Gasteiger charge is -2.13. The molecule has 0 bridgehead atoms. The van der Waals surface area contributed by atoms with Gasteiger partial charge in [-0.15, -0.1) is 0 Å². The van der Waals surface area contributed by atoms with Gasteiger partial charge in [0, 0.05) is 5.48 Å². The molecule has 1 aliphatic carbocycles. The van der Waals surface area contributed by atoms with Gasteiger partial charge in [0.05, 0.1) is 0 Å². The van der Waals surface area contributed by atoms with E-state index in [0.29, 0.717) is 12.8 Å². The lowest BCUT2D eigenvalue weighted by atomic mass is 9.92. The lowest BCUT2D eigenvalue weighted by molar-refractivity contribution is 0.382. The van der Waals surface area contributed by atoms with Crippen LogP contribution in [0.4, 0.5) is 0 Å². The van der Waals surface area contributed by atoms with Crippen molar-refractivity contribution in [2.24, 2.45) is 5.41 Å². The molecule has 0 spiro atoms. The zero-order valence-corrected chi connectivity index (χ0v) is 4.91. The van der Waals surface area contributed by atoms with Crippen molar-refractivity contribution in [3.63, 3.8) is 0 Å². The molecule has 0 radical (unpaired) electrons. The summed E-state index contributed by atoms with van der Waals surface area (Å²) in [6, 6.07) is 0. The number of rotatable bonds is 0. The van der Waals surface area contributed by atoms with Crippen molar-refractivity contribution in [1.29, 1.82) is 0 Å². The predicted molar refractivity (Wildman–Crippen MR) is 32.2 cm³/mol. The van der Waals surface area contributed by atoms with Gasteiger partial charge in [-0.05, 0) is 18.3 Å². The summed E-state index contributed by atoms with van der Waals surface area (Å²) >= 11 is 0. The Labute approximate surface area is 51.5 Å². The molecule has 42 valence electrons. The first-order chi connectivity index (χ1) is 4.66. The van der Waals surface area contributed by atoms with Crippen LogP contribution in [-0.2, 0) is 0 Å². The van der Waals surface area contributed by atoms with Crippen molar-refractivity contribution in [2.75, 3.05) is 0 Å². The average Bonchev–Trinajstić information content (AvgIpc) is 1.66. The predicted octanol–water partition coefficient (Wildman–Crippen LogP) is 2.59. The maximum absolute atomic E-state index is 7.44. The zero-order valence-electron chi connectivity index (χ0n) is 8.91. The Kier molecular flexibility index (Phi) is 0.446. The third kappa shape index (κ3) is 1.19. The normalized spacial score (nSPS) is 51.1. The fraction of sp³-hybridized carbons (Fsp3) is 1.00. The van der Waals surface area contributed by atoms with Crippen LogP contribution < -0.4 is 0 Å². The zero-order chi connectivity index (χ0) is 8.91. The smallest absolute Gasteiger partial charge is 0.0267 e. The van der Waals surface area contributed by atoms with Gasteiger partial charge < -0.3 is 0 Å². The molecule has 0 aliphatic heterocycles. The van der Waals surface area contributed by atoms with Crippen LogP contribution in [0.25, 0.3) is 0 Å². The minimum Gasteiger partial charge on any atom is -0.0599 e. The highest BCUT2D eigenvalue weighted by molar-refractivity contribution is 4.74. The van der Waals surface area contributed by atoms with Gasteiger partial charge in [-0.1, -0.05) is 26.6 Å². The highest BCUT2D eigenvalue weighted by Gasteiger charge is 2.21. The van der Waals surface area contributed by atoms with E-state index in [4.69, 9.17) is 5.48 Å². The van der Waals surface area contributed by atoms with Crippen LogP contribution in [0.5, 0.6) is 0 Å². The maximum Gasteiger partial charge on any atom is 0.0267 e. The summed E-state index contributed by atoms with van der Waals surface area (Å²) < 4.78 is 29.7. The van der Waals surface area contributed by atoms with Crippen LogP contribution in [0, 0.1) is 5.41 Å². The molecule has 0 heteroatoms. The van der Waals surface area contributed by atoms with E-state index in [1.165, 1.54) is 0 Å². The molecule has 1 rings (SSSR count). The first-order valence-corrected chi connectivity index (χ1v) is 2.66. The van der Waals surface area contributed by atoms with E-state index in [1.54, 1.807) is 0 Å². The molecule has 0 heterocycles. The van der Waals surface area contributed by atoms with Crippen molar-refractivity contribution < 1.29 is 5.48 Å². The average molecular weight is 102 g/mol. The Bertz CT molecular complexity index is 153. The first-order valence-electron chi connectivity index (χ1n) is 4.66. The fourth-order valence-electron chi connectivity index (χ4n) is 0.666. The molecule has 0 nitrogen and oxygen atoms in total. The van der Waals surface area contributed by atoms with Gasteiger partial charge in [0.25, 0.3) is 0 Å². The highest BCUT2D eigenvalue weighted by Crippen LogP contribution is 2.36. The second kappa shape index (κ2) is 1.50. The largest absolute Gasteiger partial charge is 0.0599 e. The van der Waals surface area contributed by atoms with Crippen molar-refractivity contribution in [3.8, 4) is 0 Å². The van der Waals surface area contributed by atoms with E-state index in [2.05, 4.69) is 0 Å². The van der Waals surface area contributed by atoms with E-state index in [9.17, 15) is 0 Å². The third-order valence-electron chi connectivity index (χ3n) is 1.26. The lowest BCUT2D eigenvalue weighted by Crippen LogP contribution is -2.01. The molecule has 0 N–H and O–H groups in total. The SMILES string of the molecule is [2H]C1([2H])CC(C)(C)CC1([2H])[2H]. The molecule has 0 aromatic rings. The van der Waals surface area contributed by atoms with Gasteiger partial charge in [-0.25, -0.2) is 0 Å². The quantitative estimate of drug-likeness (QED) is 0.441. The molecule has 0 aromatic carbocycles. The maximum atomic E-state index is 7.44. The molecule has 1 aliphatic rings. The molecule has 1 saturated carbocycles. The van der Waals surface area contributed by atoms with E-state index >= 15 is 0 Å². The Morgan fingerprint density at radius 2 is 1.71 bits per heavy atom. The van der Waals surface area contributed by atoms with Crippen LogP contribution in [-0.4, -0.2) is 0 Å². The van der Waals surface area contributed by atoms with Gasteiger partial charge >= 0.3 is 0 Å². The van der Waals surface area contributed by atoms with Crippen LogP contribution in [0.1, 0.15) is 44.9 Å². The molecule has 0 unspecified atom stereocenters. The molecule has 7 heavy (non-hydrogen) atoms. The van der Waals surface area contributed by atoms with Crippen molar-refractivity contribution >= 4 is 0 Å². The van der Waals surface area contributed by atoms with Gasteiger partial charge in [-0.2, -0.15) is 0 Å². The molecule has 0 amide bonds. The summed E-state index contributed by atoms with van der Waals surface area (Å²) in [5, 5.41) is 0. The van der Waals surface area contributed by atoms with E-state index < -0.39 is 12.7 Å². The topological polar surface area (TPSA) is 0 Å². The van der Waals surface area contributed by atoms with Gasteiger partial charge in [0.2, 0.25) is 0 Å². The number of hydrogen-bond acceptors (Lipinski definition) is 0. The minimum absolute atomic E-state index is 0.188. The molecule has 0 saturated heterocycles. The summed E-state index contributed by atoms with van der Waals surface area (Å²) in [6.07, 6.45) is -2.63. The van der Waals surface area contributed by atoms with Crippen molar-refractivity contribution in [3.05, 3.63) is 0 Å². The second-order valence-corrected chi connectivity index (χ2v) is 2.87. The van der Waals surface area contributed by atoms with Crippen LogP contribution in [0.15, 0.2) is 0 Å². The molecular formula is C7H14. The number of hydrogen-bond donors (Lipinski definition) is 0. The highest BCUT2D eigenvalue weighted by atomic mass is 14.3. The monoisotopic (exact) mass is 102 g/mol. The summed E-state index contributed by atoms with van der Waals surface area (Å²) in [6.45, 7) is 3.82. The Balaban J connectivity index is 2.89. The molecule has 0 atom stereocenters. The summed E-state index contributed by atoms with van der Waals surface area (Å²) in [7, 11) is 0. The van der Waals surface area contributed by atoms with Crippen LogP contribution in [0.3, 0.4) is 0 Å². The Morgan fingerprint density at radius 3 is 1.86 bits per heavy atom. The van der Waals surface area contributed by atoms with Gasteiger partial charge in [0.1, 0.15) is 0 Å². The van der Waals surface area contributed by atoms with E-state index in [-0.39, 0.29) is 5.41 Å². The van der Waals surface area contributed by atoms with E-state index in [1.807, 2.05) is 13.8 Å². The van der Waals surface area contributed by atoms with Crippen molar-refractivity contribution in [1.82, 2.24) is 0 Å². The van der Waals surface area contributed by atoms with E-state index in [0.717, 1.165) is 0 Å². The van der Waals surface area contributed by atoms with Gasteiger partial charge in [-0.3, -0.25) is 0 Å².